The van der Waals surface area contributed by atoms with Gasteiger partial charge in [0, 0.05) is 24.6 Å². The van der Waals surface area contributed by atoms with Crippen LogP contribution in [0.25, 0.3) is 5.69 Å². The van der Waals surface area contributed by atoms with E-state index >= 15 is 0 Å². The lowest BCUT2D eigenvalue weighted by Crippen LogP contribution is -2.46. The molecule has 0 unspecified atom stereocenters. The molecule has 0 atom stereocenters. The summed E-state index contributed by atoms with van der Waals surface area (Å²) in [6.45, 7) is 3.81. The van der Waals surface area contributed by atoms with Crippen LogP contribution in [0.15, 0.2) is 43.0 Å². The lowest BCUT2D eigenvalue weighted by Gasteiger charge is -2.21. The number of carboxylic acids is 1. The zero-order chi connectivity index (χ0) is 13.9. The second-order valence-electron chi connectivity index (χ2n) is 4.92. The lowest BCUT2D eigenvalue weighted by atomic mass is 10.1. The standard InChI is InChI=1S/C14H17N3O2/c1-14(2,13(18)19)16-9-11-3-5-12(6-4-11)17-8-7-15-10-17/h3-8,10,16H,9H2,1-2H3,(H,18,19). The fraction of sp³-hybridized carbons (Fsp3) is 0.286. The van der Waals surface area contributed by atoms with Gasteiger partial charge in [0.05, 0.1) is 6.33 Å². The van der Waals surface area contributed by atoms with E-state index in [-0.39, 0.29) is 0 Å². The van der Waals surface area contributed by atoms with E-state index in [1.807, 2.05) is 35.0 Å². The molecule has 2 rings (SSSR count). The molecule has 1 aromatic carbocycles. The molecule has 0 saturated carbocycles. The van der Waals surface area contributed by atoms with E-state index in [4.69, 9.17) is 5.11 Å². The second-order valence-corrected chi connectivity index (χ2v) is 4.92. The predicted octanol–water partition coefficient (Wildman–Crippen LogP) is 1.83. The molecule has 19 heavy (non-hydrogen) atoms. The number of benzene rings is 1. The van der Waals surface area contributed by atoms with Crippen LogP contribution in [0.4, 0.5) is 0 Å². The molecule has 0 spiro atoms. The number of aromatic nitrogens is 2. The molecule has 1 aromatic heterocycles. The molecule has 5 heteroatoms. The zero-order valence-corrected chi connectivity index (χ0v) is 11.0. The molecule has 2 aromatic rings. The normalized spacial score (nSPS) is 11.5. The Morgan fingerprint density at radius 1 is 1.37 bits per heavy atom. The quantitative estimate of drug-likeness (QED) is 0.859. The Kier molecular flexibility index (Phi) is 3.66. The predicted molar refractivity (Wildman–Crippen MR) is 72.1 cm³/mol. The number of nitrogens with one attached hydrogen (secondary N) is 1. The summed E-state index contributed by atoms with van der Waals surface area (Å²) in [5.41, 5.74) is 1.14. The maximum atomic E-state index is 11.0. The van der Waals surface area contributed by atoms with Crippen LogP contribution >= 0.6 is 0 Å². The molecule has 0 saturated heterocycles. The second kappa shape index (κ2) is 5.24. The highest BCUT2D eigenvalue weighted by Gasteiger charge is 2.25. The third-order valence-corrected chi connectivity index (χ3v) is 3.01. The molecule has 0 amide bonds. The van der Waals surface area contributed by atoms with Crippen LogP contribution in [0.2, 0.25) is 0 Å². The Balaban J connectivity index is 2.02. The topological polar surface area (TPSA) is 67.2 Å². The van der Waals surface area contributed by atoms with Gasteiger partial charge in [-0.25, -0.2) is 4.98 Å². The van der Waals surface area contributed by atoms with Gasteiger partial charge in [-0.1, -0.05) is 12.1 Å². The number of aliphatic carboxylic acids is 1. The molecule has 0 radical (unpaired) electrons. The highest BCUT2D eigenvalue weighted by atomic mass is 16.4. The summed E-state index contributed by atoms with van der Waals surface area (Å²) < 4.78 is 1.92. The van der Waals surface area contributed by atoms with Crippen LogP contribution in [-0.2, 0) is 11.3 Å². The summed E-state index contributed by atoms with van der Waals surface area (Å²) in [5, 5.41) is 12.0. The van der Waals surface area contributed by atoms with Crippen LogP contribution < -0.4 is 5.32 Å². The number of rotatable bonds is 5. The van der Waals surface area contributed by atoms with E-state index in [9.17, 15) is 4.79 Å². The summed E-state index contributed by atoms with van der Waals surface area (Å²) >= 11 is 0. The number of carboxylic acid groups (broad SMARTS) is 1. The number of imidazole rings is 1. The van der Waals surface area contributed by atoms with Crippen molar-refractivity contribution in [1.82, 2.24) is 14.9 Å². The molecule has 0 aliphatic carbocycles. The van der Waals surface area contributed by atoms with E-state index in [1.165, 1.54) is 0 Å². The third-order valence-electron chi connectivity index (χ3n) is 3.01. The van der Waals surface area contributed by atoms with Crippen LogP contribution in [-0.4, -0.2) is 26.2 Å². The summed E-state index contributed by atoms with van der Waals surface area (Å²) in [5.74, 6) is -0.859. The number of hydrogen-bond acceptors (Lipinski definition) is 3. The zero-order valence-electron chi connectivity index (χ0n) is 11.0. The van der Waals surface area contributed by atoms with E-state index in [0.29, 0.717) is 6.54 Å². The maximum absolute atomic E-state index is 11.0. The monoisotopic (exact) mass is 259 g/mol. The van der Waals surface area contributed by atoms with E-state index in [2.05, 4.69) is 10.3 Å². The van der Waals surface area contributed by atoms with Crippen molar-refractivity contribution in [3.05, 3.63) is 48.5 Å². The first-order valence-corrected chi connectivity index (χ1v) is 6.05. The smallest absolute Gasteiger partial charge is 0.323 e. The van der Waals surface area contributed by atoms with Gasteiger partial charge in [-0.15, -0.1) is 0 Å². The van der Waals surface area contributed by atoms with Crippen molar-refractivity contribution in [2.24, 2.45) is 0 Å². The Labute approximate surface area is 111 Å². The number of carbonyl (C=O) groups is 1. The van der Waals surface area contributed by atoms with E-state index in [1.54, 1.807) is 26.4 Å². The average Bonchev–Trinajstić information content (AvgIpc) is 2.91. The summed E-state index contributed by atoms with van der Waals surface area (Å²) in [4.78, 5) is 15.0. The summed E-state index contributed by atoms with van der Waals surface area (Å²) in [6, 6.07) is 7.90. The SMILES string of the molecule is CC(C)(NCc1ccc(-n2ccnc2)cc1)C(=O)O. The Bertz CT molecular complexity index is 545. The van der Waals surface area contributed by atoms with Gasteiger partial charge in [-0.05, 0) is 31.5 Å². The highest BCUT2D eigenvalue weighted by Crippen LogP contribution is 2.10. The summed E-state index contributed by atoms with van der Waals surface area (Å²) in [7, 11) is 0. The molecule has 0 bridgehead atoms. The highest BCUT2D eigenvalue weighted by molar-refractivity contribution is 5.77. The van der Waals surface area contributed by atoms with E-state index < -0.39 is 11.5 Å². The Hall–Kier alpha value is -2.14. The van der Waals surface area contributed by atoms with Crippen LogP contribution in [0, 0.1) is 0 Å². The van der Waals surface area contributed by atoms with Crippen LogP contribution in [0.1, 0.15) is 19.4 Å². The molecule has 1 heterocycles. The van der Waals surface area contributed by atoms with Crippen molar-refractivity contribution >= 4 is 5.97 Å². The maximum Gasteiger partial charge on any atom is 0.323 e. The van der Waals surface area contributed by atoms with Gasteiger partial charge >= 0.3 is 5.97 Å². The van der Waals surface area contributed by atoms with Gasteiger partial charge < -0.3 is 9.67 Å². The molecule has 100 valence electrons. The minimum atomic E-state index is -0.928. The van der Waals surface area contributed by atoms with Crippen LogP contribution in [0.3, 0.4) is 0 Å². The van der Waals surface area contributed by atoms with Gasteiger partial charge in [-0.2, -0.15) is 0 Å². The van der Waals surface area contributed by atoms with Crippen molar-refractivity contribution in [1.29, 1.82) is 0 Å². The Morgan fingerprint density at radius 3 is 2.58 bits per heavy atom. The molecular formula is C14H17N3O2. The minimum Gasteiger partial charge on any atom is -0.480 e. The molecule has 0 aliphatic rings. The van der Waals surface area contributed by atoms with Crippen molar-refractivity contribution in [2.75, 3.05) is 0 Å². The van der Waals surface area contributed by atoms with Crippen molar-refractivity contribution in [3.8, 4) is 5.69 Å². The average molecular weight is 259 g/mol. The van der Waals surface area contributed by atoms with Crippen LogP contribution in [0.5, 0.6) is 0 Å². The molecule has 0 aliphatic heterocycles. The van der Waals surface area contributed by atoms with Gasteiger partial charge in [0.2, 0.25) is 0 Å². The number of nitrogens with zero attached hydrogens (tertiary/aromatic N) is 2. The van der Waals surface area contributed by atoms with Gasteiger partial charge in [0.1, 0.15) is 5.54 Å². The molecule has 2 N–H and O–H groups in total. The first kappa shape index (κ1) is 13.3. The number of hydrogen-bond donors (Lipinski definition) is 2. The van der Waals surface area contributed by atoms with E-state index in [0.717, 1.165) is 11.3 Å². The molecule has 5 nitrogen and oxygen atoms in total. The summed E-state index contributed by atoms with van der Waals surface area (Å²) in [6.07, 6.45) is 5.34. The fourth-order valence-corrected chi connectivity index (χ4v) is 1.60. The van der Waals surface area contributed by atoms with Crippen molar-refractivity contribution in [3.63, 3.8) is 0 Å². The van der Waals surface area contributed by atoms with Gasteiger partial charge in [0.15, 0.2) is 0 Å². The van der Waals surface area contributed by atoms with Gasteiger partial charge in [0.25, 0.3) is 0 Å². The minimum absolute atomic E-state index is 0.517. The fourth-order valence-electron chi connectivity index (χ4n) is 1.60. The van der Waals surface area contributed by atoms with Crippen molar-refractivity contribution in [2.45, 2.75) is 25.9 Å². The van der Waals surface area contributed by atoms with Crippen molar-refractivity contribution < 1.29 is 9.90 Å². The lowest BCUT2D eigenvalue weighted by molar-refractivity contribution is -0.143. The molecular weight excluding hydrogens is 242 g/mol. The first-order valence-electron chi connectivity index (χ1n) is 6.05. The third kappa shape index (κ3) is 3.20. The first-order chi connectivity index (χ1) is 8.99. The van der Waals surface area contributed by atoms with Gasteiger partial charge in [-0.3, -0.25) is 10.1 Å². The largest absolute Gasteiger partial charge is 0.480 e. The Morgan fingerprint density at radius 2 is 2.05 bits per heavy atom. The molecule has 0 fully saturated rings.